The summed E-state index contributed by atoms with van der Waals surface area (Å²) in [6.07, 6.45) is 9.07. The average Bonchev–Trinajstić information content (AvgIpc) is 3.04. The van der Waals surface area contributed by atoms with Crippen LogP contribution in [0.15, 0.2) is 48.8 Å². The van der Waals surface area contributed by atoms with Crippen LogP contribution in [0.5, 0.6) is 0 Å². The van der Waals surface area contributed by atoms with Crippen LogP contribution in [0.3, 0.4) is 0 Å². The third-order valence-electron chi connectivity index (χ3n) is 4.68. The smallest absolute Gasteiger partial charge is 0.257 e. The monoisotopic (exact) mass is 347 g/mol. The van der Waals surface area contributed by atoms with Gasteiger partial charge in [0.1, 0.15) is 5.82 Å². The van der Waals surface area contributed by atoms with Crippen molar-refractivity contribution in [2.75, 3.05) is 5.32 Å². The summed E-state index contributed by atoms with van der Waals surface area (Å²) >= 11 is 0. The first-order chi connectivity index (χ1) is 12.8. The Bertz CT molecular complexity index is 886. The van der Waals surface area contributed by atoms with Gasteiger partial charge in [-0.25, -0.2) is 0 Å². The Labute approximate surface area is 152 Å². The summed E-state index contributed by atoms with van der Waals surface area (Å²) in [5, 5.41) is 11.7. The first-order valence-electron chi connectivity index (χ1n) is 9.05. The third-order valence-corrected chi connectivity index (χ3v) is 4.68. The highest BCUT2D eigenvalue weighted by molar-refractivity contribution is 6.04. The summed E-state index contributed by atoms with van der Waals surface area (Å²) in [4.78, 5) is 16.2. The normalized spacial score (nSPS) is 14.2. The molecule has 0 radical (unpaired) electrons. The molecule has 6 heteroatoms. The van der Waals surface area contributed by atoms with E-state index in [9.17, 15) is 4.79 Å². The first-order valence-corrected chi connectivity index (χ1v) is 9.05. The minimum absolute atomic E-state index is 0.168. The molecule has 1 amide bonds. The van der Waals surface area contributed by atoms with Crippen molar-refractivity contribution in [1.29, 1.82) is 0 Å². The molecule has 0 atom stereocenters. The molecule has 26 heavy (non-hydrogen) atoms. The highest BCUT2D eigenvalue weighted by Crippen LogP contribution is 2.24. The van der Waals surface area contributed by atoms with Crippen LogP contribution in [0.4, 0.5) is 5.69 Å². The van der Waals surface area contributed by atoms with Crippen LogP contribution < -0.4 is 5.32 Å². The zero-order valence-electron chi connectivity index (χ0n) is 14.6. The van der Waals surface area contributed by atoms with Crippen molar-refractivity contribution in [2.45, 2.75) is 38.6 Å². The quantitative estimate of drug-likeness (QED) is 0.784. The predicted molar refractivity (Wildman–Crippen MR) is 99.8 cm³/mol. The second-order valence-electron chi connectivity index (χ2n) is 6.53. The van der Waals surface area contributed by atoms with Crippen LogP contribution in [0.25, 0.3) is 11.4 Å². The van der Waals surface area contributed by atoms with Gasteiger partial charge in [-0.05, 0) is 49.2 Å². The van der Waals surface area contributed by atoms with Crippen LogP contribution in [0.1, 0.15) is 41.9 Å². The largest absolute Gasteiger partial charge is 0.322 e. The van der Waals surface area contributed by atoms with Gasteiger partial charge in [0.15, 0.2) is 5.82 Å². The van der Waals surface area contributed by atoms with E-state index in [1.807, 2.05) is 24.3 Å². The Balaban J connectivity index is 1.52. The Morgan fingerprint density at radius 3 is 2.65 bits per heavy atom. The van der Waals surface area contributed by atoms with Crippen molar-refractivity contribution in [3.8, 4) is 11.4 Å². The highest BCUT2D eigenvalue weighted by Gasteiger charge is 2.15. The molecule has 6 nitrogen and oxygen atoms in total. The molecule has 0 saturated heterocycles. The van der Waals surface area contributed by atoms with Gasteiger partial charge >= 0.3 is 0 Å². The number of fused-ring (bicyclic) bond motifs is 1. The molecule has 0 bridgehead atoms. The van der Waals surface area contributed by atoms with Gasteiger partial charge in [0.25, 0.3) is 5.91 Å². The molecule has 0 spiro atoms. The molecular formula is C20H21N5O. The summed E-state index contributed by atoms with van der Waals surface area (Å²) in [5.74, 6) is 1.82. The number of carbonyl (C=O) groups excluding carboxylic acids is 1. The lowest BCUT2D eigenvalue weighted by molar-refractivity contribution is 0.102. The lowest BCUT2D eigenvalue weighted by atomic mass is 10.1. The topological polar surface area (TPSA) is 72.7 Å². The van der Waals surface area contributed by atoms with Gasteiger partial charge < -0.3 is 9.88 Å². The predicted octanol–water partition coefficient (Wildman–Crippen LogP) is 3.71. The number of benzene rings is 1. The number of nitrogens with zero attached hydrogens (tertiary/aromatic N) is 4. The zero-order chi connectivity index (χ0) is 17.8. The number of hydrogen-bond acceptors (Lipinski definition) is 4. The van der Waals surface area contributed by atoms with E-state index in [4.69, 9.17) is 0 Å². The molecule has 0 saturated carbocycles. The lowest BCUT2D eigenvalue weighted by Crippen LogP contribution is -2.12. The van der Waals surface area contributed by atoms with E-state index < -0.39 is 0 Å². The maximum atomic E-state index is 12.2. The summed E-state index contributed by atoms with van der Waals surface area (Å²) < 4.78 is 2.24. The van der Waals surface area contributed by atoms with E-state index in [0.29, 0.717) is 5.56 Å². The van der Waals surface area contributed by atoms with Gasteiger partial charge in [-0.3, -0.25) is 9.78 Å². The summed E-state index contributed by atoms with van der Waals surface area (Å²) in [5.41, 5.74) is 2.30. The van der Waals surface area contributed by atoms with Gasteiger partial charge in [-0.15, -0.1) is 10.2 Å². The Hall–Kier alpha value is -3.02. The maximum absolute atomic E-state index is 12.2. The number of aromatic nitrogens is 4. The van der Waals surface area contributed by atoms with Gasteiger partial charge in [-0.2, -0.15) is 0 Å². The van der Waals surface area contributed by atoms with Crippen LogP contribution in [-0.4, -0.2) is 25.7 Å². The standard InChI is InChI=1S/C20H21N5O/c26-20(16-6-5-12-21-14-16)22-17-10-8-15(9-11-17)19-24-23-18-7-3-1-2-4-13-25(18)19/h5-6,8-12,14H,1-4,7,13H2,(H,22,26). The summed E-state index contributed by atoms with van der Waals surface area (Å²) in [6.45, 7) is 0.969. The van der Waals surface area contributed by atoms with E-state index in [1.54, 1.807) is 24.5 Å². The molecule has 1 aliphatic heterocycles. The molecule has 2 aromatic heterocycles. The molecule has 1 aliphatic rings. The van der Waals surface area contributed by atoms with Crippen molar-refractivity contribution in [3.63, 3.8) is 0 Å². The molecule has 3 heterocycles. The van der Waals surface area contributed by atoms with E-state index in [0.717, 1.165) is 42.3 Å². The summed E-state index contributed by atoms with van der Waals surface area (Å²) in [7, 11) is 0. The molecular weight excluding hydrogens is 326 g/mol. The van der Waals surface area contributed by atoms with Crippen molar-refractivity contribution < 1.29 is 4.79 Å². The summed E-state index contributed by atoms with van der Waals surface area (Å²) in [6, 6.07) is 11.2. The van der Waals surface area contributed by atoms with Crippen LogP contribution in [0, 0.1) is 0 Å². The van der Waals surface area contributed by atoms with Crippen LogP contribution in [-0.2, 0) is 13.0 Å². The van der Waals surface area contributed by atoms with Gasteiger partial charge in [-0.1, -0.05) is 12.8 Å². The van der Waals surface area contributed by atoms with E-state index >= 15 is 0 Å². The Morgan fingerprint density at radius 2 is 1.85 bits per heavy atom. The molecule has 4 rings (SSSR count). The number of hydrogen-bond donors (Lipinski definition) is 1. The first kappa shape index (κ1) is 16.4. The van der Waals surface area contributed by atoms with Gasteiger partial charge in [0.05, 0.1) is 5.56 Å². The van der Waals surface area contributed by atoms with Gasteiger partial charge in [0.2, 0.25) is 0 Å². The lowest BCUT2D eigenvalue weighted by Gasteiger charge is -2.13. The molecule has 132 valence electrons. The Morgan fingerprint density at radius 1 is 1.00 bits per heavy atom. The van der Waals surface area contributed by atoms with Crippen molar-refractivity contribution in [1.82, 2.24) is 19.7 Å². The van der Waals surface area contributed by atoms with Crippen molar-refractivity contribution in [3.05, 3.63) is 60.2 Å². The minimum atomic E-state index is -0.168. The van der Waals surface area contributed by atoms with E-state index in [-0.39, 0.29) is 5.91 Å². The minimum Gasteiger partial charge on any atom is -0.322 e. The van der Waals surface area contributed by atoms with Crippen LogP contribution in [0.2, 0.25) is 0 Å². The maximum Gasteiger partial charge on any atom is 0.257 e. The van der Waals surface area contributed by atoms with E-state index in [1.165, 1.54) is 19.3 Å². The SMILES string of the molecule is O=C(Nc1ccc(-c2nnc3n2CCCCCC3)cc1)c1cccnc1. The molecule has 0 fully saturated rings. The molecule has 3 aromatic rings. The number of carbonyl (C=O) groups is 1. The van der Waals surface area contributed by atoms with E-state index in [2.05, 4.69) is 25.1 Å². The number of anilines is 1. The Kier molecular flexibility index (Phi) is 4.73. The second kappa shape index (κ2) is 7.47. The van der Waals surface area contributed by atoms with Crippen molar-refractivity contribution in [2.24, 2.45) is 0 Å². The van der Waals surface area contributed by atoms with Crippen molar-refractivity contribution >= 4 is 11.6 Å². The average molecular weight is 347 g/mol. The number of nitrogens with one attached hydrogen (secondary N) is 1. The fourth-order valence-electron chi connectivity index (χ4n) is 3.28. The number of rotatable bonds is 3. The number of pyridine rings is 1. The second-order valence-corrected chi connectivity index (χ2v) is 6.53. The van der Waals surface area contributed by atoms with Gasteiger partial charge in [0, 0.05) is 36.6 Å². The molecule has 0 aliphatic carbocycles. The molecule has 0 unspecified atom stereocenters. The number of amides is 1. The zero-order valence-corrected chi connectivity index (χ0v) is 14.6. The fourth-order valence-corrected chi connectivity index (χ4v) is 3.28. The highest BCUT2D eigenvalue weighted by atomic mass is 16.1. The fraction of sp³-hybridized carbons (Fsp3) is 0.300. The number of aryl methyl sites for hydroxylation is 1. The molecule has 1 N–H and O–H groups in total. The third kappa shape index (κ3) is 3.49. The molecule has 1 aromatic carbocycles. The van der Waals surface area contributed by atoms with Crippen LogP contribution >= 0.6 is 0 Å².